The lowest BCUT2D eigenvalue weighted by atomic mass is 10.3. The van der Waals surface area contributed by atoms with E-state index in [2.05, 4.69) is 21.2 Å². The second-order valence-corrected chi connectivity index (χ2v) is 9.16. The van der Waals surface area contributed by atoms with Gasteiger partial charge in [0.15, 0.2) is 0 Å². The molecule has 0 bridgehead atoms. The zero-order valence-corrected chi connectivity index (χ0v) is 16.9. The summed E-state index contributed by atoms with van der Waals surface area (Å²) in [4.78, 5) is 12.1. The van der Waals surface area contributed by atoms with Crippen molar-refractivity contribution in [3.8, 4) is 0 Å². The molecule has 0 fully saturated rings. The van der Waals surface area contributed by atoms with Gasteiger partial charge in [-0.1, -0.05) is 15.9 Å². The molecule has 2 aromatic rings. The van der Waals surface area contributed by atoms with Crippen molar-refractivity contribution in [2.24, 2.45) is 0 Å². The summed E-state index contributed by atoms with van der Waals surface area (Å²) < 4.78 is 31.1. The fourth-order valence-electron chi connectivity index (χ4n) is 2.02. The van der Waals surface area contributed by atoms with Gasteiger partial charge in [-0.15, -0.1) is 0 Å². The van der Waals surface area contributed by atoms with E-state index in [0.717, 1.165) is 26.5 Å². The highest BCUT2D eigenvalue weighted by molar-refractivity contribution is 9.10. The average Bonchev–Trinajstić information content (AvgIpc) is 3.06. The van der Waals surface area contributed by atoms with Gasteiger partial charge in [0, 0.05) is 16.8 Å². The molecule has 0 aliphatic heterocycles. The molecule has 1 heterocycles. The van der Waals surface area contributed by atoms with E-state index in [0.29, 0.717) is 18.0 Å². The lowest BCUT2D eigenvalue weighted by Gasteiger charge is -2.21. The quantitative estimate of drug-likeness (QED) is 0.598. The lowest BCUT2D eigenvalue weighted by molar-refractivity contribution is -0.119. The van der Waals surface area contributed by atoms with Gasteiger partial charge in [-0.2, -0.15) is 11.8 Å². The second kappa shape index (κ2) is 9.30. The monoisotopic (exact) mass is 446 g/mol. The number of halogens is 1. The minimum absolute atomic E-state index is 0.247. The van der Waals surface area contributed by atoms with Crippen LogP contribution in [0.1, 0.15) is 5.76 Å². The summed E-state index contributed by atoms with van der Waals surface area (Å²) in [5.74, 6) is 1.99. The molecule has 2 rings (SSSR count). The van der Waals surface area contributed by atoms with Crippen LogP contribution >= 0.6 is 27.7 Å². The highest BCUT2D eigenvalue weighted by Crippen LogP contribution is 2.20. The van der Waals surface area contributed by atoms with E-state index >= 15 is 0 Å². The molecule has 25 heavy (non-hydrogen) atoms. The maximum Gasteiger partial charge on any atom is 0.240 e. The van der Waals surface area contributed by atoms with E-state index in [1.54, 1.807) is 42.3 Å². The van der Waals surface area contributed by atoms with E-state index in [1.165, 1.54) is 0 Å². The van der Waals surface area contributed by atoms with Gasteiger partial charge in [-0.3, -0.25) is 9.10 Å². The van der Waals surface area contributed by atoms with Gasteiger partial charge in [-0.25, -0.2) is 8.42 Å². The maximum atomic E-state index is 12.1. The summed E-state index contributed by atoms with van der Waals surface area (Å²) in [6.45, 7) is 0.214. The molecule has 0 aliphatic carbocycles. The molecule has 1 N–H and O–H groups in total. The van der Waals surface area contributed by atoms with Crippen LogP contribution in [0.5, 0.6) is 0 Å². The minimum Gasteiger partial charge on any atom is -0.468 e. The Morgan fingerprint density at radius 2 is 2.00 bits per heavy atom. The summed E-state index contributed by atoms with van der Waals surface area (Å²) in [5, 5.41) is 2.74. The van der Waals surface area contributed by atoms with Crippen molar-refractivity contribution < 1.29 is 17.6 Å². The Labute approximate surface area is 160 Å². The van der Waals surface area contributed by atoms with Crippen LogP contribution in [-0.4, -0.2) is 39.4 Å². The number of sulfonamides is 1. The fourth-order valence-corrected chi connectivity index (χ4v) is 3.90. The molecule has 0 atom stereocenters. The van der Waals surface area contributed by atoms with Crippen LogP contribution < -0.4 is 9.62 Å². The van der Waals surface area contributed by atoms with Crippen LogP contribution in [0.2, 0.25) is 0 Å². The molecule has 0 saturated carbocycles. The molecule has 0 saturated heterocycles. The number of carbonyl (C=O) groups excluding carboxylic acids is 1. The third kappa shape index (κ3) is 6.75. The van der Waals surface area contributed by atoms with Gasteiger partial charge in [0.05, 0.1) is 24.0 Å². The Kier molecular flexibility index (Phi) is 7.39. The van der Waals surface area contributed by atoms with Crippen molar-refractivity contribution in [2.45, 2.75) is 5.75 Å². The molecule has 9 heteroatoms. The lowest BCUT2D eigenvalue weighted by Crippen LogP contribution is -2.41. The van der Waals surface area contributed by atoms with Crippen LogP contribution in [0.15, 0.2) is 51.6 Å². The number of hydrogen-bond donors (Lipinski definition) is 1. The van der Waals surface area contributed by atoms with Crippen LogP contribution in [0.25, 0.3) is 0 Å². The molecule has 0 aliphatic rings. The van der Waals surface area contributed by atoms with E-state index in [-0.39, 0.29) is 12.5 Å². The predicted molar refractivity (Wildman–Crippen MR) is 104 cm³/mol. The SMILES string of the molecule is CS(=O)(=O)N(CC(=O)NCCSCc1ccco1)c1ccc(Br)cc1. The molecular weight excluding hydrogens is 428 g/mol. The summed E-state index contributed by atoms with van der Waals surface area (Å²) >= 11 is 4.93. The number of benzene rings is 1. The highest BCUT2D eigenvalue weighted by atomic mass is 79.9. The summed E-state index contributed by atoms with van der Waals surface area (Å²) in [6, 6.07) is 10.5. The smallest absolute Gasteiger partial charge is 0.240 e. The molecule has 0 unspecified atom stereocenters. The van der Waals surface area contributed by atoms with E-state index in [1.807, 2.05) is 12.1 Å². The van der Waals surface area contributed by atoms with E-state index in [4.69, 9.17) is 4.42 Å². The first-order valence-corrected chi connectivity index (χ1v) is 11.3. The van der Waals surface area contributed by atoms with Gasteiger partial charge in [-0.05, 0) is 36.4 Å². The van der Waals surface area contributed by atoms with Crippen LogP contribution in [0, 0.1) is 0 Å². The maximum absolute atomic E-state index is 12.1. The van der Waals surface area contributed by atoms with Gasteiger partial charge < -0.3 is 9.73 Å². The van der Waals surface area contributed by atoms with Crippen molar-refractivity contribution >= 4 is 49.3 Å². The van der Waals surface area contributed by atoms with E-state index < -0.39 is 10.0 Å². The number of anilines is 1. The second-order valence-electron chi connectivity index (χ2n) is 5.23. The number of nitrogens with zero attached hydrogens (tertiary/aromatic N) is 1. The average molecular weight is 447 g/mol. The topological polar surface area (TPSA) is 79.6 Å². The summed E-state index contributed by atoms with van der Waals surface area (Å²) in [7, 11) is -3.55. The molecular formula is C16H19BrN2O4S2. The zero-order chi connectivity index (χ0) is 18.3. The molecule has 1 aromatic heterocycles. The molecule has 136 valence electrons. The van der Waals surface area contributed by atoms with Crippen molar-refractivity contribution in [1.29, 1.82) is 0 Å². The van der Waals surface area contributed by atoms with Crippen LogP contribution in [-0.2, 0) is 20.6 Å². The Morgan fingerprint density at radius 3 is 2.60 bits per heavy atom. The summed E-state index contributed by atoms with van der Waals surface area (Å²) in [5.41, 5.74) is 0.452. The third-order valence-electron chi connectivity index (χ3n) is 3.20. The predicted octanol–water partition coefficient (Wildman–Crippen LogP) is 2.86. The third-order valence-corrected chi connectivity index (χ3v) is 5.85. The largest absolute Gasteiger partial charge is 0.468 e. The Balaban J connectivity index is 1.82. The highest BCUT2D eigenvalue weighted by Gasteiger charge is 2.20. The van der Waals surface area contributed by atoms with Crippen molar-refractivity contribution in [3.05, 3.63) is 52.9 Å². The standard InChI is InChI=1S/C16H19BrN2O4S2/c1-25(21,22)19(14-6-4-13(17)5-7-14)11-16(20)18-8-10-24-12-15-3-2-9-23-15/h2-7,9H,8,10-12H2,1H3,(H,18,20). The fraction of sp³-hybridized carbons (Fsp3) is 0.312. The van der Waals surface area contributed by atoms with Crippen molar-refractivity contribution in [1.82, 2.24) is 5.32 Å². The molecule has 1 aromatic carbocycles. The molecule has 0 spiro atoms. The number of rotatable bonds is 9. The van der Waals surface area contributed by atoms with Gasteiger partial charge >= 0.3 is 0 Å². The van der Waals surface area contributed by atoms with Gasteiger partial charge in [0.2, 0.25) is 15.9 Å². The number of carbonyl (C=O) groups is 1. The zero-order valence-electron chi connectivity index (χ0n) is 13.6. The van der Waals surface area contributed by atoms with Crippen LogP contribution in [0.4, 0.5) is 5.69 Å². The number of furan rings is 1. The van der Waals surface area contributed by atoms with Crippen LogP contribution in [0.3, 0.4) is 0 Å². The Morgan fingerprint density at radius 1 is 1.28 bits per heavy atom. The summed E-state index contributed by atoms with van der Waals surface area (Å²) in [6.07, 6.45) is 2.71. The Bertz CT molecular complexity index is 777. The molecule has 6 nitrogen and oxygen atoms in total. The van der Waals surface area contributed by atoms with Gasteiger partial charge in [0.25, 0.3) is 0 Å². The first kappa shape index (κ1) is 19.9. The van der Waals surface area contributed by atoms with Crippen molar-refractivity contribution in [2.75, 3.05) is 29.4 Å². The first-order valence-electron chi connectivity index (χ1n) is 7.46. The Hall–Kier alpha value is -1.45. The number of hydrogen-bond acceptors (Lipinski definition) is 5. The number of thioether (sulfide) groups is 1. The van der Waals surface area contributed by atoms with Gasteiger partial charge in [0.1, 0.15) is 12.3 Å². The first-order chi connectivity index (χ1) is 11.9. The molecule has 1 amide bonds. The normalized spacial score (nSPS) is 11.3. The van der Waals surface area contributed by atoms with E-state index in [9.17, 15) is 13.2 Å². The minimum atomic E-state index is -3.55. The van der Waals surface area contributed by atoms with Crippen molar-refractivity contribution in [3.63, 3.8) is 0 Å². The molecule has 0 radical (unpaired) electrons. The number of amides is 1. The number of nitrogens with one attached hydrogen (secondary N) is 1.